The van der Waals surface area contributed by atoms with Gasteiger partial charge < -0.3 is 9.30 Å². The number of fused-ring (bicyclic) bond motifs is 1. The first kappa shape index (κ1) is 16.5. The molecule has 124 valence electrons. The summed E-state index contributed by atoms with van der Waals surface area (Å²) in [5, 5.41) is 0. The van der Waals surface area contributed by atoms with Crippen LogP contribution >= 0.6 is 11.3 Å². The summed E-state index contributed by atoms with van der Waals surface area (Å²) in [6.45, 7) is 1.17. The summed E-state index contributed by atoms with van der Waals surface area (Å²) in [4.78, 5) is 17.2. The summed E-state index contributed by atoms with van der Waals surface area (Å²) in [5.41, 5.74) is 1.78. The Hall–Kier alpha value is -2.31. The molecule has 0 atom stereocenters. The summed E-state index contributed by atoms with van der Waals surface area (Å²) in [5.74, 6) is -0.565. The average molecular weight is 344 g/mol. The molecule has 0 fully saturated rings. The minimum Gasteiger partial charge on any atom is -0.383 e. The lowest BCUT2D eigenvalue weighted by atomic mass is 10.1. The van der Waals surface area contributed by atoms with Crippen LogP contribution in [0.15, 0.2) is 53.5 Å². The van der Waals surface area contributed by atoms with E-state index in [-0.39, 0.29) is 18.1 Å². The molecule has 2 aromatic carbocycles. The van der Waals surface area contributed by atoms with Crippen LogP contribution in [0.4, 0.5) is 4.39 Å². The van der Waals surface area contributed by atoms with Crippen LogP contribution < -0.4 is 4.80 Å². The summed E-state index contributed by atoms with van der Waals surface area (Å²) in [6, 6.07) is 13.8. The normalized spacial score (nSPS) is 12.0. The Bertz CT molecular complexity index is 913. The van der Waals surface area contributed by atoms with E-state index in [4.69, 9.17) is 4.74 Å². The van der Waals surface area contributed by atoms with Crippen LogP contribution in [0, 0.1) is 5.82 Å². The van der Waals surface area contributed by atoms with Gasteiger partial charge in [0.15, 0.2) is 4.80 Å². The Balaban J connectivity index is 1.93. The van der Waals surface area contributed by atoms with Crippen LogP contribution in [0.3, 0.4) is 0 Å². The SMILES string of the molecule is COCCn1c(=NC(=O)Cc2ccc(F)cc2)sc2ccccc21. The van der Waals surface area contributed by atoms with Crippen LogP contribution in [-0.2, 0) is 22.5 Å². The van der Waals surface area contributed by atoms with Crippen molar-refractivity contribution in [1.29, 1.82) is 0 Å². The summed E-state index contributed by atoms with van der Waals surface area (Å²) >= 11 is 1.48. The van der Waals surface area contributed by atoms with E-state index in [1.807, 2.05) is 28.8 Å². The largest absolute Gasteiger partial charge is 0.383 e. The molecule has 1 heterocycles. The smallest absolute Gasteiger partial charge is 0.252 e. The standard InChI is InChI=1S/C18H17FN2O2S/c1-23-11-10-21-15-4-2-3-5-16(15)24-18(21)20-17(22)12-13-6-8-14(19)9-7-13/h2-9H,10-12H2,1H3. The second kappa shape index (κ2) is 7.51. The first-order valence-corrected chi connectivity index (χ1v) is 8.38. The van der Waals surface area contributed by atoms with E-state index < -0.39 is 0 Å². The van der Waals surface area contributed by atoms with Crippen molar-refractivity contribution in [2.24, 2.45) is 4.99 Å². The number of hydrogen-bond acceptors (Lipinski definition) is 3. The van der Waals surface area contributed by atoms with Crippen molar-refractivity contribution in [2.75, 3.05) is 13.7 Å². The van der Waals surface area contributed by atoms with Crippen molar-refractivity contribution < 1.29 is 13.9 Å². The number of thiazole rings is 1. The second-order valence-corrected chi connectivity index (χ2v) is 6.31. The van der Waals surface area contributed by atoms with E-state index in [2.05, 4.69) is 4.99 Å². The maximum Gasteiger partial charge on any atom is 0.252 e. The van der Waals surface area contributed by atoms with Crippen LogP contribution in [-0.4, -0.2) is 24.2 Å². The fraction of sp³-hybridized carbons (Fsp3) is 0.222. The number of nitrogens with zero attached hydrogens (tertiary/aromatic N) is 2. The van der Waals surface area contributed by atoms with E-state index >= 15 is 0 Å². The molecular formula is C18H17FN2O2S. The molecule has 0 spiro atoms. The molecular weight excluding hydrogens is 327 g/mol. The number of methoxy groups -OCH3 is 1. The van der Waals surface area contributed by atoms with E-state index in [9.17, 15) is 9.18 Å². The lowest BCUT2D eigenvalue weighted by Gasteiger charge is -2.04. The molecule has 0 aliphatic rings. The second-order valence-electron chi connectivity index (χ2n) is 5.31. The van der Waals surface area contributed by atoms with Gasteiger partial charge in [-0.2, -0.15) is 4.99 Å². The minimum absolute atomic E-state index is 0.152. The fourth-order valence-electron chi connectivity index (χ4n) is 2.43. The van der Waals surface area contributed by atoms with Gasteiger partial charge in [-0.1, -0.05) is 35.6 Å². The number of hydrogen-bond donors (Lipinski definition) is 0. The zero-order chi connectivity index (χ0) is 16.9. The highest BCUT2D eigenvalue weighted by molar-refractivity contribution is 7.16. The molecule has 0 unspecified atom stereocenters. The number of para-hydroxylation sites is 1. The predicted molar refractivity (Wildman–Crippen MR) is 92.4 cm³/mol. The Labute approximate surface area is 142 Å². The van der Waals surface area contributed by atoms with Gasteiger partial charge in [-0.05, 0) is 29.8 Å². The summed E-state index contributed by atoms with van der Waals surface area (Å²) < 4.78 is 21.2. The van der Waals surface area contributed by atoms with Gasteiger partial charge in [0.2, 0.25) is 0 Å². The van der Waals surface area contributed by atoms with Crippen molar-refractivity contribution in [3.8, 4) is 0 Å². The van der Waals surface area contributed by atoms with Crippen molar-refractivity contribution >= 4 is 27.5 Å². The molecule has 0 radical (unpaired) electrons. The number of rotatable bonds is 5. The van der Waals surface area contributed by atoms with Crippen LogP contribution in [0.25, 0.3) is 10.2 Å². The molecule has 0 saturated carbocycles. The summed E-state index contributed by atoms with van der Waals surface area (Å²) in [7, 11) is 1.64. The van der Waals surface area contributed by atoms with Crippen molar-refractivity contribution in [1.82, 2.24) is 4.57 Å². The number of benzene rings is 2. The Morgan fingerprint density at radius 2 is 1.96 bits per heavy atom. The maximum absolute atomic E-state index is 12.9. The van der Waals surface area contributed by atoms with Gasteiger partial charge in [-0.15, -0.1) is 0 Å². The van der Waals surface area contributed by atoms with Crippen molar-refractivity contribution in [2.45, 2.75) is 13.0 Å². The third-order valence-electron chi connectivity index (χ3n) is 3.60. The average Bonchev–Trinajstić information content (AvgIpc) is 2.92. The third kappa shape index (κ3) is 3.77. The highest BCUT2D eigenvalue weighted by Gasteiger charge is 2.08. The van der Waals surface area contributed by atoms with Crippen LogP contribution in [0.2, 0.25) is 0 Å². The highest BCUT2D eigenvalue weighted by Crippen LogP contribution is 2.16. The molecule has 0 bridgehead atoms. The number of aromatic nitrogens is 1. The molecule has 24 heavy (non-hydrogen) atoms. The molecule has 1 amide bonds. The molecule has 0 saturated heterocycles. The van der Waals surface area contributed by atoms with Gasteiger partial charge in [0, 0.05) is 13.7 Å². The van der Waals surface area contributed by atoms with Gasteiger partial charge in [0.25, 0.3) is 5.91 Å². The quantitative estimate of drug-likeness (QED) is 0.714. The van der Waals surface area contributed by atoms with Gasteiger partial charge >= 0.3 is 0 Å². The Morgan fingerprint density at radius 3 is 2.71 bits per heavy atom. The molecule has 1 aromatic heterocycles. The molecule has 6 heteroatoms. The van der Waals surface area contributed by atoms with E-state index in [1.54, 1.807) is 19.2 Å². The van der Waals surface area contributed by atoms with Gasteiger partial charge in [-0.3, -0.25) is 4.79 Å². The number of carbonyl (C=O) groups excluding carboxylic acids is 1. The van der Waals surface area contributed by atoms with E-state index in [0.717, 1.165) is 15.8 Å². The molecule has 3 aromatic rings. The molecule has 0 aliphatic carbocycles. The molecule has 3 rings (SSSR count). The molecule has 0 N–H and O–H groups in total. The third-order valence-corrected chi connectivity index (χ3v) is 4.66. The number of amides is 1. The predicted octanol–water partition coefficient (Wildman–Crippen LogP) is 3.16. The Kier molecular flexibility index (Phi) is 5.17. The lowest BCUT2D eigenvalue weighted by Crippen LogP contribution is -2.19. The first-order chi connectivity index (χ1) is 11.7. The molecule has 0 aliphatic heterocycles. The minimum atomic E-state index is -0.315. The van der Waals surface area contributed by atoms with Crippen molar-refractivity contribution in [3.63, 3.8) is 0 Å². The van der Waals surface area contributed by atoms with E-state index in [0.29, 0.717) is 18.0 Å². The Morgan fingerprint density at radius 1 is 1.21 bits per heavy atom. The number of ether oxygens (including phenoxy) is 1. The van der Waals surface area contributed by atoms with Gasteiger partial charge in [0.05, 0.1) is 23.2 Å². The first-order valence-electron chi connectivity index (χ1n) is 7.56. The summed E-state index contributed by atoms with van der Waals surface area (Å²) in [6.07, 6.45) is 0.152. The van der Waals surface area contributed by atoms with E-state index in [1.165, 1.54) is 23.5 Å². The topological polar surface area (TPSA) is 43.6 Å². The zero-order valence-corrected chi connectivity index (χ0v) is 14.1. The maximum atomic E-state index is 12.9. The fourth-order valence-corrected chi connectivity index (χ4v) is 3.50. The monoisotopic (exact) mass is 344 g/mol. The zero-order valence-electron chi connectivity index (χ0n) is 13.2. The van der Waals surface area contributed by atoms with Crippen molar-refractivity contribution in [3.05, 3.63) is 64.7 Å². The number of carbonyl (C=O) groups is 1. The lowest BCUT2D eigenvalue weighted by molar-refractivity contribution is -0.117. The van der Waals surface area contributed by atoms with Crippen LogP contribution in [0.5, 0.6) is 0 Å². The van der Waals surface area contributed by atoms with Gasteiger partial charge in [0.1, 0.15) is 5.82 Å². The molecule has 4 nitrogen and oxygen atoms in total. The number of halogens is 1. The highest BCUT2D eigenvalue weighted by atomic mass is 32.1. The van der Waals surface area contributed by atoms with Crippen LogP contribution in [0.1, 0.15) is 5.56 Å². The van der Waals surface area contributed by atoms with Gasteiger partial charge in [-0.25, -0.2) is 4.39 Å².